The van der Waals surface area contributed by atoms with Crippen molar-refractivity contribution in [1.29, 1.82) is 0 Å². The van der Waals surface area contributed by atoms with Crippen molar-refractivity contribution in [2.24, 2.45) is 0 Å². The van der Waals surface area contributed by atoms with Crippen molar-refractivity contribution in [2.45, 2.75) is 62.9 Å². The number of carbonyl (C=O) groups is 2. The van der Waals surface area contributed by atoms with Gasteiger partial charge in [0, 0.05) is 12.6 Å². The molecule has 0 saturated heterocycles. The minimum absolute atomic E-state index is 0.0737. The summed E-state index contributed by atoms with van der Waals surface area (Å²) in [5, 5.41) is 3.09. The molecular weight excluding hydrogens is 538 g/mol. The molecule has 1 N–H and O–H groups in total. The van der Waals surface area contributed by atoms with Crippen molar-refractivity contribution >= 4 is 27.5 Å². The lowest BCUT2D eigenvalue weighted by Gasteiger charge is -2.32. The number of nitrogens with zero attached hydrogens (tertiary/aromatic N) is 2. The molecule has 4 rings (SSSR count). The average molecular weight is 578 g/mol. The van der Waals surface area contributed by atoms with Crippen LogP contribution in [0.1, 0.15) is 45.1 Å². The van der Waals surface area contributed by atoms with E-state index >= 15 is 0 Å². The summed E-state index contributed by atoms with van der Waals surface area (Å²) in [6.45, 7) is 3.86. The predicted octanol–water partition coefficient (Wildman–Crippen LogP) is 4.80. The van der Waals surface area contributed by atoms with Gasteiger partial charge in [-0.25, -0.2) is 8.42 Å². The summed E-state index contributed by atoms with van der Waals surface area (Å²) >= 11 is 0. The minimum atomic E-state index is -4.10. The molecule has 1 aliphatic rings. The minimum Gasteiger partial charge on any atom is -0.494 e. The number of hydrogen-bond donors (Lipinski definition) is 1. The highest BCUT2D eigenvalue weighted by Crippen LogP contribution is 2.26. The summed E-state index contributed by atoms with van der Waals surface area (Å²) in [6, 6.07) is 23.7. The summed E-state index contributed by atoms with van der Waals surface area (Å²) < 4.78 is 34.4. The van der Waals surface area contributed by atoms with Crippen LogP contribution in [0.2, 0.25) is 0 Å². The van der Waals surface area contributed by atoms with Crippen molar-refractivity contribution in [3.8, 4) is 5.75 Å². The Morgan fingerprint density at radius 1 is 0.927 bits per heavy atom. The molecule has 218 valence electrons. The van der Waals surface area contributed by atoms with E-state index < -0.39 is 28.5 Å². The van der Waals surface area contributed by atoms with Crippen LogP contribution in [0.25, 0.3) is 0 Å². The van der Waals surface area contributed by atoms with E-state index in [2.05, 4.69) is 5.32 Å². The largest absolute Gasteiger partial charge is 0.494 e. The Labute approximate surface area is 243 Å². The first-order chi connectivity index (χ1) is 19.8. The molecular formula is C32H39N3O5S. The van der Waals surface area contributed by atoms with Gasteiger partial charge < -0.3 is 15.0 Å². The fourth-order valence-electron chi connectivity index (χ4n) is 5.09. The molecule has 1 saturated carbocycles. The molecule has 0 radical (unpaired) electrons. The van der Waals surface area contributed by atoms with Crippen LogP contribution in [-0.4, -0.2) is 56.9 Å². The number of sulfonamides is 1. The average Bonchev–Trinajstić information content (AvgIpc) is 3.50. The molecule has 0 aromatic heterocycles. The Balaban J connectivity index is 1.63. The summed E-state index contributed by atoms with van der Waals surface area (Å²) in [5.74, 6) is -0.0819. The van der Waals surface area contributed by atoms with Crippen LogP contribution < -0.4 is 14.4 Å². The second-order valence-electron chi connectivity index (χ2n) is 10.2. The molecule has 41 heavy (non-hydrogen) atoms. The molecule has 1 atom stereocenters. The molecule has 2 amide bonds. The normalized spacial score (nSPS) is 14.3. The number of amides is 2. The molecule has 3 aromatic carbocycles. The number of anilines is 1. The second kappa shape index (κ2) is 14.2. The van der Waals surface area contributed by atoms with Crippen molar-refractivity contribution in [3.63, 3.8) is 0 Å². The number of benzene rings is 3. The van der Waals surface area contributed by atoms with Gasteiger partial charge in [-0.1, -0.05) is 61.4 Å². The Morgan fingerprint density at radius 3 is 2.15 bits per heavy atom. The maximum Gasteiger partial charge on any atom is 0.264 e. The van der Waals surface area contributed by atoms with Gasteiger partial charge in [-0.15, -0.1) is 0 Å². The molecule has 8 nitrogen and oxygen atoms in total. The van der Waals surface area contributed by atoms with Gasteiger partial charge in [-0.2, -0.15) is 0 Å². The van der Waals surface area contributed by atoms with E-state index in [1.54, 1.807) is 49.4 Å². The first kappa shape index (κ1) is 30.1. The summed E-state index contributed by atoms with van der Waals surface area (Å²) in [7, 11) is -4.10. The Hall–Kier alpha value is -3.85. The van der Waals surface area contributed by atoms with Crippen molar-refractivity contribution < 1.29 is 22.7 Å². The van der Waals surface area contributed by atoms with Crippen LogP contribution in [-0.2, 0) is 26.0 Å². The molecule has 0 heterocycles. The van der Waals surface area contributed by atoms with E-state index in [1.807, 2.05) is 37.3 Å². The van der Waals surface area contributed by atoms with Gasteiger partial charge in [-0.05, 0) is 75.1 Å². The van der Waals surface area contributed by atoms with Crippen LogP contribution in [0.15, 0.2) is 89.8 Å². The molecule has 0 spiro atoms. The lowest BCUT2D eigenvalue weighted by atomic mass is 10.1. The SMILES string of the molecule is CCOc1ccc(N(CC(=O)N(CCc2ccccc2)[C@H](C)C(=O)NC2CCCC2)S(=O)(=O)c2ccccc2)cc1. The van der Waals surface area contributed by atoms with Gasteiger partial charge >= 0.3 is 0 Å². The van der Waals surface area contributed by atoms with Crippen molar-refractivity contribution in [2.75, 3.05) is 24.0 Å². The van der Waals surface area contributed by atoms with Gasteiger partial charge in [0.1, 0.15) is 18.3 Å². The maximum atomic E-state index is 14.0. The van der Waals surface area contributed by atoms with Crippen LogP contribution in [0, 0.1) is 0 Å². The standard InChI is InChI=1S/C32H39N3O5S/c1-3-40-29-20-18-28(19-21-29)35(41(38,39)30-16-8-5-9-17-30)24-31(36)34(23-22-26-12-6-4-7-13-26)25(2)32(37)33-27-14-10-11-15-27/h4-9,12-13,16-21,25,27H,3,10-11,14-15,22-24H2,1-2H3,(H,33,37)/t25-/m1/s1. The third-order valence-electron chi connectivity index (χ3n) is 7.40. The summed E-state index contributed by atoms with van der Waals surface area (Å²) in [6.07, 6.45) is 4.53. The van der Waals surface area contributed by atoms with E-state index in [0.29, 0.717) is 24.5 Å². The topological polar surface area (TPSA) is 96.0 Å². The van der Waals surface area contributed by atoms with E-state index in [9.17, 15) is 18.0 Å². The highest BCUT2D eigenvalue weighted by Gasteiger charge is 2.33. The molecule has 1 fully saturated rings. The lowest BCUT2D eigenvalue weighted by molar-refractivity contribution is -0.139. The Bertz CT molecular complexity index is 1380. The van der Waals surface area contributed by atoms with E-state index in [0.717, 1.165) is 35.6 Å². The number of hydrogen-bond acceptors (Lipinski definition) is 5. The van der Waals surface area contributed by atoms with E-state index in [4.69, 9.17) is 4.74 Å². The third kappa shape index (κ3) is 7.88. The van der Waals surface area contributed by atoms with Crippen LogP contribution in [0.3, 0.4) is 0 Å². The molecule has 9 heteroatoms. The summed E-state index contributed by atoms with van der Waals surface area (Å²) in [4.78, 5) is 28.8. The molecule has 0 unspecified atom stereocenters. The van der Waals surface area contributed by atoms with Crippen LogP contribution in [0.5, 0.6) is 5.75 Å². The third-order valence-corrected chi connectivity index (χ3v) is 9.19. The molecule has 3 aromatic rings. The zero-order chi connectivity index (χ0) is 29.2. The quantitative estimate of drug-likeness (QED) is 0.315. The maximum absolute atomic E-state index is 14.0. The fourth-order valence-corrected chi connectivity index (χ4v) is 6.52. The first-order valence-electron chi connectivity index (χ1n) is 14.2. The smallest absolute Gasteiger partial charge is 0.264 e. The highest BCUT2D eigenvalue weighted by molar-refractivity contribution is 7.92. The summed E-state index contributed by atoms with van der Waals surface area (Å²) in [5.41, 5.74) is 1.35. The lowest BCUT2D eigenvalue weighted by Crippen LogP contribution is -2.53. The van der Waals surface area contributed by atoms with Gasteiger partial charge in [-0.3, -0.25) is 13.9 Å². The molecule has 0 aliphatic heterocycles. The van der Waals surface area contributed by atoms with Gasteiger partial charge in [0.25, 0.3) is 10.0 Å². The van der Waals surface area contributed by atoms with Gasteiger partial charge in [0.05, 0.1) is 17.2 Å². The number of nitrogens with one attached hydrogen (secondary N) is 1. The Morgan fingerprint density at radius 2 is 1.54 bits per heavy atom. The van der Waals surface area contributed by atoms with E-state index in [-0.39, 0.29) is 23.4 Å². The highest BCUT2D eigenvalue weighted by atomic mass is 32.2. The van der Waals surface area contributed by atoms with E-state index in [1.165, 1.54) is 17.0 Å². The number of ether oxygens (including phenoxy) is 1. The molecule has 1 aliphatic carbocycles. The molecule has 0 bridgehead atoms. The first-order valence-corrected chi connectivity index (χ1v) is 15.7. The van der Waals surface area contributed by atoms with Crippen LogP contribution >= 0.6 is 0 Å². The predicted molar refractivity (Wildman–Crippen MR) is 160 cm³/mol. The monoisotopic (exact) mass is 577 g/mol. The number of carbonyl (C=O) groups excluding carboxylic acids is 2. The Kier molecular flexibility index (Phi) is 10.4. The van der Waals surface area contributed by atoms with Crippen molar-refractivity contribution in [3.05, 3.63) is 90.5 Å². The van der Waals surface area contributed by atoms with Crippen molar-refractivity contribution in [1.82, 2.24) is 10.2 Å². The zero-order valence-electron chi connectivity index (χ0n) is 23.7. The fraction of sp³-hybridized carbons (Fsp3) is 0.375. The second-order valence-corrected chi connectivity index (χ2v) is 12.1. The van der Waals surface area contributed by atoms with Gasteiger partial charge in [0.15, 0.2) is 0 Å². The number of rotatable bonds is 13. The van der Waals surface area contributed by atoms with Crippen LogP contribution in [0.4, 0.5) is 5.69 Å². The van der Waals surface area contributed by atoms with Gasteiger partial charge in [0.2, 0.25) is 11.8 Å². The zero-order valence-corrected chi connectivity index (χ0v) is 24.6.